The second-order valence-electron chi connectivity index (χ2n) is 7.92. The molecule has 0 unspecified atom stereocenters. The fourth-order valence-corrected chi connectivity index (χ4v) is 5.12. The van der Waals surface area contributed by atoms with Gasteiger partial charge in [-0.25, -0.2) is 13.1 Å². The molecule has 5 nitrogen and oxygen atoms in total. The highest BCUT2D eigenvalue weighted by molar-refractivity contribution is 7.89. The molecular formula is C23H30N2O3S. The number of benzene rings is 2. The molecule has 1 amide bonds. The van der Waals surface area contributed by atoms with E-state index in [4.69, 9.17) is 0 Å². The lowest BCUT2D eigenvalue weighted by Gasteiger charge is -2.22. The molecule has 1 aliphatic carbocycles. The van der Waals surface area contributed by atoms with Crippen molar-refractivity contribution >= 4 is 21.6 Å². The Kier molecular flexibility index (Phi) is 7.09. The Bertz CT molecular complexity index is 926. The molecule has 0 saturated heterocycles. The maximum Gasteiger partial charge on any atom is 0.240 e. The number of rotatable bonds is 7. The summed E-state index contributed by atoms with van der Waals surface area (Å²) in [4.78, 5) is 12.6. The number of anilines is 1. The summed E-state index contributed by atoms with van der Waals surface area (Å²) < 4.78 is 28.0. The first-order chi connectivity index (χ1) is 13.8. The van der Waals surface area contributed by atoms with Crippen molar-refractivity contribution in [2.75, 3.05) is 5.32 Å². The highest BCUT2D eigenvalue weighted by Crippen LogP contribution is 2.21. The van der Waals surface area contributed by atoms with Crippen LogP contribution in [0.15, 0.2) is 47.4 Å². The van der Waals surface area contributed by atoms with Crippen molar-refractivity contribution in [3.8, 4) is 0 Å². The molecule has 2 aromatic rings. The molecule has 1 saturated carbocycles. The number of para-hydroxylation sites is 1. The van der Waals surface area contributed by atoms with Gasteiger partial charge >= 0.3 is 0 Å². The van der Waals surface area contributed by atoms with Crippen LogP contribution in [0.4, 0.5) is 5.69 Å². The fourth-order valence-electron chi connectivity index (χ4n) is 3.81. The maximum absolute atomic E-state index is 12.6. The minimum Gasteiger partial charge on any atom is -0.326 e. The second-order valence-corrected chi connectivity index (χ2v) is 9.63. The van der Waals surface area contributed by atoms with Crippen LogP contribution in [0.1, 0.15) is 55.2 Å². The smallest absolute Gasteiger partial charge is 0.240 e. The Hall–Kier alpha value is -2.18. The van der Waals surface area contributed by atoms with Crippen molar-refractivity contribution in [3.63, 3.8) is 0 Å². The molecule has 1 fully saturated rings. The van der Waals surface area contributed by atoms with Crippen LogP contribution in [0, 0.1) is 13.8 Å². The van der Waals surface area contributed by atoms with Crippen molar-refractivity contribution in [2.24, 2.45) is 0 Å². The predicted octanol–water partition coefficient (Wildman–Crippen LogP) is 4.49. The zero-order chi connectivity index (χ0) is 20.9. The average Bonchev–Trinajstić information content (AvgIpc) is 2.70. The zero-order valence-corrected chi connectivity index (χ0v) is 18.0. The van der Waals surface area contributed by atoms with Crippen molar-refractivity contribution in [2.45, 2.75) is 69.7 Å². The standard InChI is InChI=1S/C23H30N2O3S/c1-17-7-6-8-18(2)23(17)24-22(26)16-13-19-11-14-21(15-12-19)29(27,28)25-20-9-4-3-5-10-20/h6-8,11-12,14-15,20,25H,3-5,9-10,13,16H2,1-2H3,(H,24,26). The van der Waals surface area contributed by atoms with Gasteiger partial charge < -0.3 is 5.32 Å². The molecule has 29 heavy (non-hydrogen) atoms. The summed E-state index contributed by atoms with van der Waals surface area (Å²) in [6.07, 6.45) is 6.07. The molecule has 1 aliphatic rings. The molecule has 6 heteroatoms. The molecular weight excluding hydrogens is 384 g/mol. The summed E-state index contributed by atoms with van der Waals surface area (Å²) >= 11 is 0. The Balaban J connectivity index is 1.55. The quantitative estimate of drug-likeness (QED) is 0.701. The molecule has 2 N–H and O–H groups in total. The molecule has 2 aromatic carbocycles. The van der Waals surface area contributed by atoms with E-state index in [1.807, 2.05) is 32.0 Å². The molecule has 0 heterocycles. The van der Waals surface area contributed by atoms with E-state index in [-0.39, 0.29) is 16.8 Å². The Morgan fingerprint density at radius 2 is 1.59 bits per heavy atom. The lowest BCUT2D eigenvalue weighted by atomic mass is 9.96. The number of amides is 1. The third-order valence-electron chi connectivity index (χ3n) is 5.55. The van der Waals surface area contributed by atoms with E-state index in [0.29, 0.717) is 12.8 Å². The fraction of sp³-hybridized carbons (Fsp3) is 0.435. The van der Waals surface area contributed by atoms with Gasteiger partial charge in [0.05, 0.1) is 4.90 Å². The second kappa shape index (κ2) is 9.55. The number of sulfonamides is 1. The van der Waals surface area contributed by atoms with Crippen LogP contribution in [0.3, 0.4) is 0 Å². The van der Waals surface area contributed by atoms with Crippen LogP contribution in [-0.2, 0) is 21.2 Å². The molecule has 0 bridgehead atoms. The number of carbonyl (C=O) groups is 1. The van der Waals surface area contributed by atoms with Crippen molar-refractivity contribution in [1.82, 2.24) is 4.72 Å². The van der Waals surface area contributed by atoms with Gasteiger partial charge in [0.15, 0.2) is 0 Å². The summed E-state index contributed by atoms with van der Waals surface area (Å²) in [5.74, 6) is -0.0435. The molecule has 0 aliphatic heterocycles. The first kappa shape index (κ1) is 21.5. The Labute approximate surface area is 174 Å². The number of nitrogens with one attached hydrogen (secondary N) is 2. The number of carbonyl (C=O) groups excluding carboxylic acids is 1. The average molecular weight is 415 g/mol. The van der Waals surface area contributed by atoms with Crippen molar-refractivity contribution in [1.29, 1.82) is 0 Å². The van der Waals surface area contributed by atoms with Crippen LogP contribution < -0.4 is 10.0 Å². The lowest BCUT2D eigenvalue weighted by Crippen LogP contribution is -2.36. The minimum absolute atomic E-state index is 0.0435. The van der Waals surface area contributed by atoms with Gasteiger partial charge in [-0.05, 0) is 61.9 Å². The van der Waals surface area contributed by atoms with Crippen molar-refractivity contribution in [3.05, 3.63) is 59.2 Å². The zero-order valence-electron chi connectivity index (χ0n) is 17.2. The van der Waals surface area contributed by atoms with Gasteiger partial charge in [-0.2, -0.15) is 0 Å². The van der Waals surface area contributed by atoms with Crippen LogP contribution in [0.5, 0.6) is 0 Å². The van der Waals surface area contributed by atoms with Gasteiger partial charge in [0.2, 0.25) is 15.9 Å². The third-order valence-corrected chi connectivity index (χ3v) is 7.08. The van der Waals surface area contributed by atoms with E-state index < -0.39 is 10.0 Å². The van der Waals surface area contributed by atoms with Gasteiger partial charge in [-0.15, -0.1) is 0 Å². The topological polar surface area (TPSA) is 75.3 Å². The SMILES string of the molecule is Cc1cccc(C)c1NC(=O)CCc1ccc(S(=O)(=O)NC2CCCCC2)cc1. The molecule has 156 valence electrons. The molecule has 0 aromatic heterocycles. The van der Waals surface area contributed by atoms with E-state index >= 15 is 0 Å². The van der Waals surface area contributed by atoms with E-state index in [1.54, 1.807) is 24.3 Å². The Morgan fingerprint density at radius 3 is 2.21 bits per heavy atom. The molecule has 0 spiro atoms. The van der Waals surface area contributed by atoms with Gasteiger partial charge in [0, 0.05) is 18.2 Å². The van der Waals surface area contributed by atoms with Crippen LogP contribution in [-0.4, -0.2) is 20.4 Å². The summed E-state index contributed by atoms with van der Waals surface area (Å²) in [5.41, 5.74) is 3.89. The normalized spacial score (nSPS) is 15.2. The van der Waals surface area contributed by atoms with Gasteiger partial charge in [0.25, 0.3) is 0 Å². The van der Waals surface area contributed by atoms with E-state index in [0.717, 1.165) is 48.1 Å². The lowest BCUT2D eigenvalue weighted by molar-refractivity contribution is -0.116. The van der Waals surface area contributed by atoms with Gasteiger partial charge in [0.1, 0.15) is 0 Å². The van der Waals surface area contributed by atoms with Gasteiger partial charge in [-0.1, -0.05) is 49.6 Å². The highest BCUT2D eigenvalue weighted by Gasteiger charge is 2.21. The number of hydrogen-bond donors (Lipinski definition) is 2. The first-order valence-electron chi connectivity index (χ1n) is 10.3. The van der Waals surface area contributed by atoms with Crippen LogP contribution in [0.2, 0.25) is 0 Å². The largest absolute Gasteiger partial charge is 0.326 e. The highest BCUT2D eigenvalue weighted by atomic mass is 32.2. The first-order valence-corrected chi connectivity index (χ1v) is 11.8. The predicted molar refractivity (Wildman–Crippen MR) is 117 cm³/mol. The number of hydrogen-bond acceptors (Lipinski definition) is 3. The number of aryl methyl sites for hydroxylation is 3. The third kappa shape index (κ3) is 5.90. The monoisotopic (exact) mass is 414 g/mol. The van der Waals surface area contributed by atoms with Crippen molar-refractivity contribution < 1.29 is 13.2 Å². The van der Waals surface area contributed by atoms with Crippen LogP contribution >= 0.6 is 0 Å². The summed E-state index contributed by atoms with van der Waals surface area (Å²) in [6, 6.07) is 12.8. The minimum atomic E-state index is -3.49. The molecule has 0 radical (unpaired) electrons. The van der Waals surface area contributed by atoms with E-state index in [2.05, 4.69) is 10.0 Å². The summed E-state index contributed by atoms with van der Waals surface area (Å²) in [6.45, 7) is 3.95. The maximum atomic E-state index is 12.6. The van der Waals surface area contributed by atoms with E-state index in [1.165, 1.54) is 6.42 Å². The van der Waals surface area contributed by atoms with Crippen LogP contribution in [0.25, 0.3) is 0 Å². The summed E-state index contributed by atoms with van der Waals surface area (Å²) in [5, 5.41) is 2.99. The van der Waals surface area contributed by atoms with E-state index in [9.17, 15) is 13.2 Å². The molecule has 0 atom stereocenters. The Morgan fingerprint density at radius 1 is 0.966 bits per heavy atom. The summed E-state index contributed by atoms with van der Waals surface area (Å²) in [7, 11) is -3.49. The van der Waals surface area contributed by atoms with Gasteiger partial charge in [-0.3, -0.25) is 4.79 Å². The molecule has 3 rings (SSSR count).